The number of nitrogens with one attached hydrogen (secondary N) is 1. The lowest BCUT2D eigenvalue weighted by Crippen LogP contribution is -2.46. The van der Waals surface area contributed by atoms with E-state index in [2.05, 4.69) is 79.9 Å². The van der Waals surface area contributed by atoms with Gasteiger partial charge in [0.25, 0.3) is 10.1 Å². The maximum absolute atomic E-state index is 12.5. The maximum atomic E-state index is 12.5. The van der Waals surface area contributed by atoms with Gasteiger partial charge in [0.05, 0.1) is 17.9 Å². The van der Waals surface area contributed by atoms with Crippen LogP contribution in [0.2, 0.25) is 0 Å². The summed E-state index contributed by atoms with van der Waals surface area (Å²) in [5, 5.41) is 13.2. The number of aliphatic hydroxyl groups is 1. The summed E-state index contributed by atoms with van der Waals surface area (Å²) in [4.78, 5) is 12.5. The number of amides is 1. The van der Waals surface area contributed by atoms with Crippen LogP contribution in [0, 0.1) is 0 Å². The molecule has 0 heterocycles. The number of hydrogen-bond acceptors (Lipinski definition) is 4. The highest BCUT2D eigenvalue weighted by atomic mass is 32.2. The summed E-state index contributed by atoms with van der Waals surface area (Å²) in [5.74, 6) is -1.04. The molecule has 0 aliphatic heterocycles. The summed E-state index contributed by atoms with van der Waals surface area (Å²) in [5.41, 5.74) is 0. The molecular formula is C45H79NO5S. The Bertz CT molecular complexity index is 1090. The molecule has 0 bridgehead atoms. The van der Waals surface area contributed by atoms with Crippen LogP contribution in [-0.4, -0.2) is 41.9 Å². The van der Waals surface area contributed by atoms with Crippen molar-refractivity contribution in [1.29, 1.82) is 0 Å². The number of unbranched alkanes of at least 4 members (excludes halogenated alkanes) is 19. The highest BCUT2D eigenvalue weighted by Gasteiger charge is 2.24. The predicted octanol–water partition coefficient (Wildman–Crippen LogP) is 12.6. The van der Waals surface area contributed by atoms with E-state index in [1.165, 1.54) is 96.0 Å². The molecular weight excluding hydrogens is 667 g/mol. The Labute approximate surface area is 321 Å². The molecule has 0 aliphatic rings. The van der Waals surface area contributed by atoms with Crippen LogP contribution in [-0.2, 0) is 14.9 Å². The van der Waals surface area contributed by atoms with Crippen LogP contribution in [0.5, 0.6) is 0 Å². The summed E-state index contributed by atoms with van der Waals surface area (Å²) in [7, 11) is -4.37. The number of aliphatic hydroxyl groups excluding tert-OH is 1. The van der Waals surface area contributed by atoms with E-state index in [1.807, 2.05) is 0 Å². The molecule has 52 heavy (non-hydrogen) atoms. The van der Waals surface area contributed by atoms with Crippen LogP contribution in [0.4, 0.5) is 0 Å². The first-order valence-electron chi connectivity index (χ1n) is 21.1. The minimum atomic E-state index is -4.37. The van der Waals surface area contributed by atoms with Gasteiger partial charge in [0.1, 0.15) is 0 Å². The van der Waals surface area contributed by atoms with Gasteiger partial charge in [0, 0.05) is 6.42 Å². The van der Waals surface area contributed by atoms with E-state index >= 15 is 0 Å². The number of carbonyl (C=O) groups is 1. The first-order chi connectivity index (χ1) is 25.3. The van der Waals surface area contributed by atoms with Crippen LogP contribution in [0.25, 0.3) is 0 Å². The molecule has 0 aromatic carbocycles. The Morgan fingerprint density at radius 1 is 0.538 bits per heavy atom. The molecule has 0 saturated heterocycles. The Kier molecular flexibility index (Phi) is 36.9. The lowest BCUT2D eigenvalue weighted by Gasteiger charge is -2.21. The number of carbonyl (C=O) groups excluding carboxylic acids is 1. The van der Waals surface area contributed by atoms with Gasteiger partial charge in [0.2, 0.25) is 5.91 Å². The van der Waals surface area contributed by atoms with Gasteiger partial charge in [-0.05, 0) is 70.6 Å². The minimum Gasteiger partial charge on any atom is -0.387 e. The Hall–Kier alpha value is -2.22. The van der Waals surface area contributed by atoms with Crippen molar-refractivity contribution >= 4 is 16.0 Å². The van der Waals surface area contributed by atoms with Crippen molar-refractivity contribution in [2.75, 3.05) is 5.75 Å². The fraction of sp³-hybridized carbons (Fsp3) is 0.711. The zero-order valence-electron chi connectivity index (χ0n) is 33.4. The molecule has 7 heteroatoms. The highest BCUT2D eigenvalue weighted by molar-refractivity contribution is 7.85. The van der Waals surface area contributed by atoms with E-state index in [9.17, 15) is 22.9 Å². The fourth-order valence-corrected chi connectivity index (χ4v) is 6.72. The summed E-state index contributed by atoms with van der Waals surface area (Å²) in [6, 6.07) is -1.09. The average molecular weight is 746 g/mol. The van der Waals surface area contributed by atoms with Gasteiger partial charge in [-0.2, -0.15) is 8.42 Å². The summed E-state index contributed by atoms with van der Waals surface area (Å²) >= 11 is 0. The second kappa shape index (κ2) is 38.5. The second-order valence-electron chi connectivity index (χ2n) is 14.2. The van der Waals surface area contributed by atoms with Crippen molar-refractivity contribution in [3.8, 4) is 0 Å². The summed E-state index contributed by atoms with van der Waals surface area (Å²) in [6.45, 7) is 4.41. The number of rotatable bonds is 37. The zero-order chi connectivity index (χ0) is 38.2. The number of allylic oxidation sites excluding steroid dienone is 11. The van der Waals surface area contributed by atoms with E-state index in [0.29, 0.717) is 12.8 Å². The van der Waals surface area contributed by atoms with Crippen LogP contribution >= 0.6 is 0 Å². The minimum absolute atomic E-state index is 0.256. The second-order valence-corrected chi connectivity index (χ2v) is 15.7. The third-order valence-corrected chi connectivity index (χ3v) is 9.90. The molecule has 2 atom stereocenters. The SMILES string of the molecule is CC/C=C\C/C=C\C/C=C\C/C=C\CCCCCCC(=O)NC(CS(=O)(=O)O)C(O)/C=C/CC/C=C/CCCCCCCCCCCCCCCC. The zero-order valence-corrected chi connectivity index (χ0v) is 34.2. The van der Waals surface area contributed by atoms with Gasteiger partial charge in [-0.1, -0.05) is 183 Å². The molecule has 0 saturated carbocycles. The van der Waals surface area contributed by atoms with E-state index < -0.39 is 28.0 Å². The van der Waals surface area contributed by atoms with E-state index in [4.69, 9.17) is 0 Å². The fourth-order valence-electron chi connectivity index (χ4n) is 5.99. The molecule has 0 aromatic rings. The summed E-state index contributed by atoms with van der Waals surface area (Å²) < 4.78 is 32.5. The lowest BCUT2D eigenvalue weighted by atomic mass is 10.0. The van der Waals surface area contributed by atoms with Gasteiger partial charge in [0.15, 0.2) is 0 Å². The molecule has 300 valence electrons. The van der Waals surface area contributed by atoms with Crippen molar-refractivity contribution in [2.45, 2.75) is 199 Å². The topological polar surface area (TPSA) is 104 Å². The van der Waals surface area contributed by atoms with Crippen LogP contribution in [0.3, 0.4) is 0 Å². The van der Waals surface area contributed by atoms with E-state index in [-0.39, 0.29) is 12.3 Å². The van der Waals surface area contributed by atoms with Gasteiger partial charge < -0.3 is 10.4 Å². The highest BCUT2D eigenvalue weighted by Crippen LogP contribution is 2.14. The average Bonchev–Trinajstić information content (AvgIpc) is 3.11. The molecule has 0 fully saturated rings. The number of hydrogen-bond donors (Lipinski definition) is 3. The predicted molar refractivity (Wildman–Crippen MR) is 225 cm³/mol. The first-order valence-corrected chi connectivity index (χ1v) is 22.7. The maximum Gasteiger partial charge on any atom is 0.267 e. The van der Waals surface area contributed by atoms with Crippen molar-refractivity contribution in [2.24, 2.45) is 0 Å². The lowest BCUT2D eigenvalue weighted by molar-refractivity contribution is -0.122. The molecule has 0 aliphatic carbocycles. The van der Waals surface area contributed by atoms with Crippen molar-refractivity contribution in [3.63, 3.8) is 0 Å². The molecule has 0 aromatic heterocycles. The first kappa shape index (κ1) is 49.8. The van der Waals surface area contributed by atoms with Gasteiger partial charge in [-0.15, -0.1) is 0 Å². The molecule has 0 radical (unpaired) electrons. The Morgan fingerprint density at radius 2 is 0.942 bits per heavy atom. The molecule has 0 spiro atoms. The third kappa shape index (κ3) is 39.0. The molecule has 0 rings (SSSR count). The quantitative estimate of drug-likeness (QED) is 0.0334. The van der Waals surface area contributed by atoms with Crippen molar-refractivity contribution < 1.29 is 22.9 Å². The Balaban J connectivity index is 4.01. The monoisotopic (exact) mass is 746 g/mol. The van der Waals surface area contributed by atoms with Gasteiger partial charge in [-0.25, -0.2) is 0 Å². The van der Waals surface area contributed by atoms with E-state index in [0.717, 1.165) is 64.2 Å². The summed E-state index contributed by atoms with van der Waals surface area (Å²) in [6.07, 6.45) is 54.6. The standard InChI is InChI=1S/C45H79NO5S/c1-3-5-7-9-11-13-15-17-19-21-22-23-25-26-28-30-32-34-36-38-40-44(47)43(42-52(49,50)51)46-45(48)41-39-37-35-33-31-29-27-24-20-18-16-14-12-10-8-6-4-2/h6,8,12,14,18,20,27,29-30,32,38,40,43-44,47H,3-5,7,9-11,13,15-17,19,21-26,28,31,33-37,39,41-42H2,1-2H3,(H,46,48)(H,49,50,51)/b8-6-,14-12-,20-18-,29-27-,32-30+,40-38+. The molecule has 6 nitrogen and oxygen atoms in total. The van der Waals surface area contributed by atoms with Crippen LogP contribution in [0.15, 0.2) is 72.9 Å². The van der Waals surface area contributed by atoms with Gasteiger partial charge in [-0.3, -0.25) is 9.35 Å². The normalized spacial score (nSPS) is 14.0. The Morgan fingerprint density at radius 3 is 1.44 bits per heavy atom. The molecule has 3 N–H and O–H groups in total. The third-order valence-electron chi connectivity index (χ3n) is 9.12. The largest absolute Gasteiger partial charge is 0.387 e. The van der Waals surface area contributed by atoms with Crippen LogP contribution < -0.4 is 5.32 Å². The molecule has 1 amide bonds. The smallest absolute Gasteiger partial charge is 0.267 e. The van der Waals surface area contributed by atoms with E-state index in [1.54, 1.807) is 6.08 Å². The molecule has 2 unspecified atom stereocenters. The van der Waals surface area contributed by atoms with Crippen LogP contribution in [0.1, 0.15) is 187 Å². The van der Waals surface area contributed by atoms with Crippen molar-refractivity contribution in [3.05, 3.63) is 72.9 Å². The van der Waals surface area contributed by atoms with Gasteiger partial charge >= 0.3 is 0 Å². The van der Waals surface area contributed by atoms with Crippen molar-refractivity contribution in [1.82, 2.24) is 5.32 Å².